The summed E-state index contributed by atoms with van der Waals surface area (Å²) >= 11 is 0. The molecule has 0 fully saturated rings. The van der Waals surface area contributed by atoms with Crippen LogP contribution in [0.25, 0.3) is 0 Å². The van der Waals surface area contributed by atoms with E-state index < -0.39 is 34.7 Å². The van der Waals surface area contributed by atoms with Gasteiger partial charge < -0.3 is 15.5 Å². The van der Waals surface area contributed by atoms with E-state index in [2.05, 4.69) is 5.32 Å². The Kier molecular flexibility index (Phi) is 4.55. The second-order valence-corrected chi connectivity index (χ2v) is 3.88. The number of hydrogen-bond donors (Lipinski definition) is 3. The van der Waals surface area contributed by atoms with Crippen molar-refractivity contribution in [2.75, 3.05) is 13.2 Å². The first-order chi connectivity index (χ1) is 8.38. The highest BCUT2D eigenvalue weighted by Gasteiger charge is 2.22. The van der Waals surface area contributed by atoms with Gasteiger partial charge in [-0.2, -0.15) is 4.39 Å². The lowest BCUT2D eigenvalue weighted by atomic mass is 10.1. The van der Waals surface area contributed by atoms with Gasteiger partial charge in [-0.05, 0) is 12.0 Å². The summed E-state index contributed by atoms with van der Waals surface area (Å²) in [7, 11) is 0. The van der Waals surface area contributed by atoms with E-state index in [9.17, 15) is 18.0 Å². The number of carbonyl (C=O) groups excluding carboxylic acids is 1. The molecular formula is C11H12F3NO3. The van der Waals surface area contributed by atoms with Crippen molar-refractivity contribution in [3.63, 3.8) is 0 Å². The molecule has 1 unspecified atom stereocenters. The maximum atomic E-state index is 13.3. The number of nitrogens with one attached hydrogen (secondary N) is 1. The summed E-state index contributed by atoms with van der Waals surface area (Å²) in [4.78, 5) is 11.5. The fourth-order valence-corrected chi connectivity index (χ4v) is 1.18. The summed E-state index contributed by atoms with van der Waals surface area (Å²) in [5, 5.41) is 19.9. The van der Waals surface area contributed by atoms with Crippen molar-refractivity contribution in [3.05, 3.63) is 29.1 Å². The number of carbonyl (C=O) groups is 1. The van der Waals surface area contributed by atoms with Crippen molar-refractivity contribution in [1.29, 1.82) is 0 Å². The highest BCUT2D eigenvalue weighted by atomic mass is 19.2. The first kappa shape index (κ1) is 14.3. The van der Waals surface area contributed by atoms with Gasteiger partial charge in [0.2, 0.25) is 5.82 Å². The molecule has 0 saturated carbocycles. The zero-order chi connectivity index (χ0) is 13.9. The molecular weight excluding hydrogens is 251 g/mol. The zero-order valence-electron chi connectivity index (χ0n) is 9.51. The van der Waals surface area contributed by atoms with E-state index in [-0.39, 0.29) is 19.1 Å². The van der Waals surface area contributed by atoms with E-state index in [1.54, 1.807) is 6.92 Å². The summed E-state index contributed by atoms with van der Waals surface area (Å²) in [6.07, 6.45) is 0. The number of amides is 1. The lowest BCUT2D eigenvalue weighted by molar-refractivity contribution is 0.0936. The number of benzene rings is 1. The Morgan fingerprint density at radius 3 is 2.56 bits per heavy atom. The van der Waals surface area contributed by atoms with Crippen LogP contribution in [0.5, 0.6) is 5.75 Å². The molecule has 18 heavy (non-hydrogen) atoms. The molecule has 1 atom stereocenters. The van der Waals surface area contributed by atoms with Crippen LogP contribution in [0.4, 0.5) is 13.2 Å². The highest BCUT2D eigenvalue weighted by Crippen LogP contribution is 2.25. The van der Waals surface area contributed by atoms with E-state index in [0.717, 1.165) is 0 Å². The van der Waals surface area contributed by atoms with Crippen molar-refractivity contribution in [3.8, 4) is 5.75 Å². The van der Waals surface area contributed by atoms with Crippen molar-refractivity contribution in [2.45, 2.75) is 6.92 Å². The average molecular weight is 263 g/mol. The first-order valence-electron chi connectivity index (χ1n) is 5.14. The van der Waals surface area contributed by atoms with Gasteiger partial charge in [0, 0.05) is 13.2 Å². The predicted octanol–water partition coefficient (Wildman–Crippen LogP) is 1.17. The summed E-state index contributed by atoms with van der Waals surface area (Å²) in [5.74, 6) is -7.58. The molecule has 0 radical (unpaired) electrons. The number of aliphatic hydroxyl groups excluding tert-OH is 1. The minimum Gasteiger partial charge on any atom is -0.503 e. The summed E-state index contributed by atoms with van der Waals surface area (Å²) in [5.41, 5.74) is -0.795. The number of phenols is 1. The normalized spacial score (nSPS) is 12.3. The average Bonchev–Trinajstić information content (AvgIpc) is 2.37. The Hall–Kier alpha value is -1.76. The van der Waals surface area contributed by atoms with Crippen molar-refractivity contribution in [2.24, 2.45) is 5.92 Å². The quantitative estimate of drug-likeness (QED) is 0.714. The van der Waals surface area contributed by atoms with Gasteiger partial charge in [-0.1, -0.05) is 6.92 Å². The van der Waals surface area contributed by atoms with Gasteiger partial charge in [0.1, 0.15) is 0 Å². The third kappa shape index (κ3) is 2.92. The molecule has 7 heteroatoms. The van der Waals surface area contributed by atoms with Gasteiger partial charge in [0.25, 0.3) is 5.91 Å². The van der Waals surface area contributed by atoms with E-state index >= 15 is 0 Å². The van der Waals surface area contributed by atoms with Gasteiger partial charge in [0.15, 0.2) is 17.4 Å². The third-order valence-corrected chi connectivity index (χ3v) is 2.30. The van der Waals surface area contributed by atoms with Crippen LogP contribution in [0.3, 0.4) is 0 Å². The number of phenolic OH excluding ortho intramolecular Hbond substituents is 1. The van der Waals surface area contributed by atoms with E-state index in [0.29, 0.717) is 6.07 Å². The number of aliphatic hydroxyl groups is 1. The molecule has 0 aliphatic carbocycles. The van der Waals surface area contributed by atoms with E-state index in [4.69, 9.17) is 10.2 Å². The molecule has 1 aromatic rings. The van der Waals surface area contributed by atoms with Crippen LogP contribution in [0.1, 0.15) is 17.3 Å². The monoisotopic (exact) mass is 263 g/mol. The number of halogens is 3. The highest BCUT2D eigenvalue weighted by molar-refractivity contribution is 5.94. The Bertz CT molecular complexity index is 465. The van der Waals surface area contributed by atoms with Gasteiger partial charge in [-0.25, -0.2) is 8.78 Å². The molecule has 0 aliphatic heterocycles. The molecule has 3 N–H and O–H groups in total. The lowest BCUT2D eigenvalue weighted by Gasteiger charge is -2.11. The molecule has 100 valence electrons. The Balaban J connectivity index is 2.93. The van der Waals surface area contributed by atoms with Crippen LogP contribution in [-0.2, 0) is 0 Å². The molecule has 1 rings (SSSR count). The molecule has 1 amide bonds. The first-order valence-corrected chi connectivity index (χ1v) is 5.14. The van der Waals surface area contributed by atoms with Gasteiger partial charge in [-0.15, -0.1) is 0 Å². The Morgan fingerprint density at radius 2 is 2.00 bits per heavy atom. The molecule has 4 nitrogen and oxygen atoms in total. The molecule has 0 aromatic heterocycles. The number of hydrogen-bond acceptors (Lipinski definition) is 3. The summed E-state index contributed by atoms with van der Waals surface area (Å²) < 4.78 is 39.0. The van der Waals surface area contributed by atoms with Crippen molar-refractivity contribution in [1.82, 2.24) is 5.32 Å². The summed E-state index contributed by atoms with van der Waals surface area (Å²) in [6.45, 7) is 1.47. The van der Waals surface area contributed by atoms with E-state index in [1.165, 1.54) is 0 Å². The smallest absolute Gasteiger partial charge is 0.254 e. The minimum absolute atomic E-state index is 0.0362. The van der Waals surface area contributed by atoms with Crippen molar-refractivity contribution < 1.29 is 28.2 Å². The molecule has 0 heterocycles. The summed E-state index contributed by atoms with van der Waals surface area (Å²) in [6, 6.07) is 0.364. The van der Waals surface area contributed by atoms with Crippen LogP contribution in [0.15, 0.2) is 6.07 Å². The number of rotatable bonds is 4. The molecule has 1 aromatic carbocycles. The molecule has 0 bridgehead atoms. The van der Waals surface area contributed by atoms with Crippen molar-refractivity contribution >= 4 is 5.91 Å². The van der Waals surface area contributed by atoms with Crippen LogP contribution >= 0.6 is 0 Å². The van der Waals surface area contributed by atoms with Gasteiger partial charge in [-0.3, -0.25) is 4.79 Å². The Labute approximate surface area is 101 Å². The maximum Gasteiger partial charge on any atom is 0.254 e. The van der Waals surface area contributed by atoms with Crippen LogP contribution in [-0.4, -0.2) is 29.3 Å². The topological polar surface area (TPSA) is 69.6 Å². The minimum atomic E-state index is -1.74. The zero-order valence-corrected chi connectivity index (χ0v) is 9.51. The fourth-order valence-electron chi connectivity index (χ4n) is 1.18. The lowest BCUT2D eigenvalue weighted by Crippen LogP contribution is -2.30. The fraction of sp³-hybridized carbons (Fsp3) is 0.364. The van der Waals surface area contributed by atoms with Gasteiger partial charge >= 0.3 is 0 Å². The van der Waals surface area contributed by atoms with Gasteiger partial charge in [0.05, 0.1) is 5.56 Å². The molecule has 0 saturated heterocycles. The third-order valence-electron chi connectivity index (χ3n) is 2.30. The molecule has 0 aliphatic rings. The largest absolute Gasteiger partial charge is 0.503 e. The second-order valence-electron chi connectivity index (χ2n) is 3.88. The van der Waals surface area contributed by atoms with Crippen LogP contribution in [0.2, 0.25) is 0 Å². The van der Waals surface area contributed by atoms with Crippen LogP contribution in [0, 0.1) is 23.4 Å². The standard InChI is InChI=1S/C11H12F3NO3/c1-5(4-16)3-15-11(18)6-2-7(12)9(14)10(17)8(6)13/h2,5,16-17H,3-4H2,1H3,(H,15,18). The number of aromatic hydroxyl groups is 1. The Morgan fingerprint density at radius 1 is 1.39 bits per heavy atom. The van der Waals surface area contributed by atoms with Crippen LogP contribution < -0.4 is 5.32 Å². The SMILES string of the molecule is CC(CO)CNC(=O)c1cc(F)c(F)c(O)c1F. The second kappa shape index (κ2) is 5.72. The van der Waals surface area contributed by atoms with E-state index in [1.807, 2.05) is 0 Å². The molecule has 0 spiro atoms. The predicted molar refractivity (Wildman–Crippen MR) is 56.6 cm³/mol. The maximum absolute atomic E-state index is 13.3.